The van der Waals surface area contributed by atoms with Crippen molar-refractivity contribution in [2.75, 3.05) is 7.11 Å². The molecule has 0 aromatic heterocycles. The Morgan fingerprint density at radius 1 is 1.03 bits per heavy atom. The third kappa shape index (κ3) is 4.78. The molecule has 0 unspecified atom stereocenters. The maximum Gasteiger partial charge on any atom is 0.325 e. The Bertz CT molecular complexity index is 1150. The number of aryl methyl sites for hydroxylation is 1. The molecule has 6 heteroatoms. The van der Waals surface area contributed by atoms with E-state index in [4.69, 9.17) is 4.74 Å². The van der Waals surface area contributed by atoms with Crippen LogP contribution < -0.4 is 10.1 Å². The third-order valence-electron chi connectivity index (χ3n) is 6.73. The lowest BCUT2D eigenvalue weighted by atomic mass is 9.68. The maximum atomic E-state index is 13.4. The van der Waals surface area contributed by atoms with Crippen LogP contribution in [0.3, 0.4) is 0 Å². The van der Waals surface area contributed by atoms with Gasteiger partial charge >= 0.3 is 6.03 Å². The molecule has 4 rings (SSSR count). The topological polar surface area (TPSA) is 78.9 Å². The number of methoxy groups -OCH3 is 1. The Morgan fingerprint density at radius 3 is 2.06 bits per heavy atom. The summed E-state index contributed by atoms with van der Waals surface area (Å²) in [4.78, 5) is 27.8. The summed E-state index contributed by atoms with van der Waals surface area (Å²) in [5.41, 5.74) is 1.89. The first kappa shape index (κ1) is 24.1. The molecule has 1 aliphatic rings. The summed E-state index contributed by atoms with van der Waals surface area (Å²) < 4.78 is 5.20. The number of β-lactam (4-membered cyclic amide) rings is 1. The fraction of sp³-hybridized carbons (Fsp3) is 0.241. The number of amides is 3. The Morgan fingerprint density at radius 2 is 1.57 bits per heavy atom. The second kappa shape index (κ2) is 10.1. The summed E-state index contributed by atoms with van der Waals surface area (Å²) in [7, 11) is 1.61. The van der Waals surface area contributed by atoms with Gasteiger partial charge in [0.15, 0.2) is 0 Å². The molecular formula is C29H30N2O4. The molecule has 2 atom stereocenters. The van der Waals surface area contributed by atoms with Crippen molar-refractivity contribution < 1.29 is 19.4 Å². The first-order chi connectivity index (χ1) is 16.8. The number of hydrogen-bond acceptors (Lipinski definition) is 4. The van der Waals surface area contributed by atoms with E-state index >= 15 is 0 Å². The van der Waals surface area contributed by atoms with Gasteiger partial charge in [-0.2, -0.15) is 0 Å². The molecule has 1 saturated heterocycles. The first-order valence-corrected chi connectivity index (χ1v) is 11.6. The highest BCUT2D eigenvalue weighted by molar-refractivity contribution is 6.04. The summed E-state index contributed by atoms with van der Waals surface area (Å²) in [5.74, 6) is 0.229. The molecular weight excluding hydrogens is 440 g/mol. The van der Waals surface area contributed by atoms with E-state index in [2.05, 4.69) is 11.9 Å². The van der Waals surface area contributed by atoms with E-state index in [1.807, 2.05) is 84.9 Å². The number of carbonyl (C=O) groups excluding carboxylic acids is 2. The molecule has 1 heterocycles. The number of ether oxygens (including phenoxy) is 1. The van der Waals surface area contributed by atoms with Crippen LogP contribution in [0.2, 0.25) is 0 Å². The highest BCUT2D eigenvalue weighted by atomic mass is 16.5. The summed E-state index contributed by atoms with van der Waals surface area (Å²) >= 11 is 0. The van der Waals surface area contributed by atoms with Gasteiger partial charge in [-0.05, 0) is 48.6 Å². The molecule has 35 heavy (non-hydrogen) atoms. The monoisotopic (exact) mass is 470 g/mol. The van der Waals surface area contributed by atoms with Crippen LogP contribution in [-0.2, 0) is 11.2 Å². The van der Waals surface area contributed by atoms with E-state index in [0.717, 1.165) is 27.3 Å². The fourth-order valence-corrected chi connectivity index (χ4v) is 4.74. The zero-order chi connectivity index (χ0) is 25.0. The van der Waals surface area contributed by atoms with Crippen molar-refractivity contribution in [2.45, 2.75) is 31.8 Å². The van der Waals surface area contributed by atoms with Crippen LogP contribution in [0.4, 0.5) is 4.79 Å². The molecule has 0 radical (unpaired) electrons. The number of aliphatic hydroxyl groups excluding tert-OH is 1. The average molecular weight is 471 g/mol. The quantitative estimate of drug-likeness (QED) is 0.341. The second-order valence-electron chi connectivity index (χ2n) is 9.04. The number of nitrogens with one attached hydrogen (secondary N) is 1. The van der Waals surface area contributed by atoms with Crippen LogP contribution in [0.1, 0.15) is 36.1 Å². The van der Waals surface area contributed by atoms with Crippen molar-refractivity contribution in [1.82, 2.24) is 10.2 Å². The summed E-state index contributed by atoms with van der Waals surface area (Å²) in [5, 5.41) is 13.4. The van der Waals surface area contributed by atoms with Crippen LogP contribution in [0.25, 0.3) is 0 Å². The van der Waals surface area contributed by atoms with Crippen LogP contribution in [0, 0.1) is 5.41 Å². The summed E-state index contributed by atoms with van der Waals surface area (Å²) in [6, 6.07) is 25.0. The Balaban J connectivity index is 1.52. The number of urea groups is 1. The molecule has 180 valence electrons. The lowest BCUT2D eigenvalue weighted by Gasteiger charge is -2.52. The lowest BCUT2D eigenvalue weighted by molar-refractivity contribution is -0.162. The van der Waals surface area contributed by atoms with Gasteiger partial charge in [0.05, 0.1) is 18.6 Å². The minimum atomic E-state index is -0.932. The van der Waals surface area contributed by atoms with Crippen molar-refractivity contribution >= 4 is 11.9 Å². The highest BCUT2D eigenvalue weighted by Crippen LogP contribution is 2.45. The van der Waals surface area contributed by atoms with Gasteiger partial charge < -0.3 is 15.2 Å². The number of carbonyl (C=O) groups is 2. The molecule has 2 N–H and O–H groups in total. The van der Waals surface area contributed by atoms with E-state index in [1.54, 1.807) is 14.0 Å². The van der Waals surface area contributed by atoms with Crippen LogP contribution >= 0.6 is 0 Å². The second-order valence-corrected chi connectivity index (χ2v) is 9.04. The summed E-state index contributed by atoms with van der Waals surface area (Å²) in [6.07, 6.45) is 1.08. The van der Waals surface area contributed by atoms with Crippen molar-refractivity contribution in [3.8, 4) is 5.75 Å². The Kier molecular flexibility index (Phi) is 6.92. The van der Waals surface area contributed by atoms with E-state index in [-0.39, 0.29) is 11.7 Å². The summed E-state index contributed by atoms with van der Waals surface area (Å²) in [6.45, 7) is 5.46. The van der Waals surface area contributed by atoms with E-state index in [0.29, 0.717) is 12.8 Å². The van der Waals surface area contributed by atoms with Crippen molar-refractivity contribution in [3.05, 3.63) is 114 Å². The van der Waals surface area contributed by atoms with Crippen molar-refractivity contribution in [2.24, 2.45) is 5.41 Å². The first-order valence-electron chi connectivity index (χ1n) is 11.6. The number of likely N-dealkylation sites (tertiary alicyclic amines) is 1. The van der Waals surface area contributed by atoms with Gasteiger partial charge in [-0.15, -0.1) is 0 Å². The molecule has 0 spiro atoms. The van der Waals surface area contributed by atoms with Gasteiger partial charge in [0.2, 0.25) is 5.91 Å². The zero-order valence-corrected chi connectivity index (χ0v) is 20.0. The van der Waals surface area contributed by atoms with Gasteiger partial charge in [0.25, 0.3) is 0 Å². The minimum Gasteiger partial charge on any atom is -0.511 e. The fourth-order valence-electron chi connectivity index (χ4n) is 4.74. The standard InChI is InChI=1S/C29H30N2O4/c1-20(32)26-29(2,19-18-21-14-16-24(35-3)17-15-21)27(33)31(26)28(34)30-25(22-10-6-4-7-11-22)23-12-8-5-9-13-23/h4-17,25-26,32H,1,18-19H2,2-3H3,(H,30,34)/t26-,29-/m1/s1. The molecule has 3 aromatic carbocycles. The van der Waals surface area contributed by atoms with Gasteiger partial charge in [0.1, 0.15) is 17.6 Å². The smallest absolute Gasteiger partial charge is 0.325 e. The predicted octanol–water partition coefficient (Wildman–Crippen LogP) is 5.42. The van der Waals surface area contributed by atoms with Gasteiger partial charge in [-0.25, -0.2) is 4.79 Å². The predicted molar refractivity (Wildman–Crippen MR) is 135 cm³/mol. The van der Waals surface area contributed by atoms with Crippen molar-refractivity contribution in [3.63, 3.8) is 0 Å². The Labute approximate surface area is 205 Å². The SMILES string of the molecule is C=C(O)[C@H]1N(C(=O)NC(c2ccccc2)c2ccccc2)C(=O)[C@]1(C)CCc1ccc(OC)cc1. The number of benzene rings is 3. The van der Waals surface area contributed by atoms with E-state index in [9.17, 15) is 14.7 Å². The van der Waals surface area contributed by atoms with E-state index < -0.39 is 23.5 Å². The molecule has 6 nitrogen and oxygen atoms in total. The van der Waals surface area contributed by atoms with Crippen LogP contribution in [0.5, 0.6) is 5.75 Å². The van der Waals surface area contributed by atoms with Gasteiger partial charge in [-0.1, -0.05) is 79.4 Å². The number of imide groups is 1. The maximum absolute atomic E-state index is 13.4. The number of nitrogens with zero attached hydrogens (tertiary/aromatic N) is 1. The number of hydrogen-bond donors (Lipinski definition) is 2. The van der Waals surface area contributed by atoms with Gasteiger partial charge in [0, 0.05) is 0 Å². The zero-order valence-electron chi connectivity index (χ0n) is 20.0. The highest BCUT2D eigenvalue weighted by Gasteiger charge is 2.61. The number of rotatable bonds is 8. The van der Waals surface area contributed by atoms with Crippen LogP contribution in [-0.4, -0.2) is 35.1 Å². The van der Waals surface area contributed by atoms with Gasteiger partial charge in [-0.3, -0.25) is 9.69 Å². The average Bonchev–Trinajstić information content (AvgIpc) is 2.89. The molecule has 0 saturated carbocycles. The molecule has 0 bridgehead atoms. The minimum absolute atomic E-state index is 0.201. The molecule has 3 amide bonds. The van der Waals surface area contributed by atoms with Crippen molar-refractivity contribution in [1.29, 1.82) is 0 Å². The van der Waals surface area contributed by atoms with E-state index in [1.165, 1.54) is 0 Å². The molecule has 0 aliphatic carbocycles. The van der Waals surface area contributed by atoms with Crippen LogP contribution in [0.15, 0.2) is 97.3 Å². The molecule has 1 fully saturated rings. The molecule has 3 aromatic rings. The normalized spacial score (nSPS) is 19.2. The Hall–Kier alpha value is -4.06. The molecule has 1 aliphatic heterocycles. The number of aliphatic hydroxyl groups is 1. The lowest BCUT2D eigenvalue weighted by Crippen LogP contribution is -2.71. The largest absolute Gasteiger partial charge is 0.511 e. The third-order valence-corrected chi connectivity index (χ3v) is 6.73.